The summed E-state index contributed by atoms with van der Waals surface area (Å²) in [6, 6.07) is 3.80. The van der Waals surface area contributed by atoms with Crippen molar-refractivity contribution in [1.82, 2.24) is 20.2 Å². The van der Waals surface area contributed by atoms with Gasteiger partial charge >= 0.3 is 0 Å². The van der Waals surface area contributed by atoms with Gasteiger partial charge in [0, 0.05) is 18.1 Å². The third-order valence-electron chi connectivity index (χ3n) is 1.77. The summed E-state index contributed by atoms with van der Waals surface area (Å²) in [6.07, 6.45) is 3.48. The third kappa shape index (κ3) is 2.07. The molecule has 0 aliphatic heterocycles. The van der Waals surface area contributed by atoms with Crippen LogP contribution in [0.25, 0.3) is 0 Å². The summed E-state index contributed by atoms with van der Waals surface area (Å²) in [4.78, 5) is 8.11. The molecule has 0 saturated heterocycles. The molecule has 5 heteroatoms. The van der Waals surface area contributed by atoms with E-state index >= 15 is 0 Å². The molecule has 0 saturated carbocycles. The average molecular weight is 189 g/mol. The monoisotopic (exact) mass is 189 g/mol. The maximum atomic E-state index is 4.18. The van der Waals surface area contributed by atoms with Gasteiger partial charge in [0.2, 0.25) is 0 Å². The fraction of sp³-hybridized carbons (Fsp3) is 0.222. The first-order valence-corrected chi connectivity index (χ1v) is 4.36. The van der Waals surface area contributed by atoms with Crippen LogP contribution in [0.3, 0.4) is 0 Å². The first-order chi connectivity index (χ1) is 6.84. The second kappa shape index (κ2) is 3.87. The molecule has 0 atom stereocenters. The van der Waals surface area contributed by atoms with Crippen molar-refractivity contribution >= 4 is 5.69 Å². The Balaban J connectivity index is 1.95. The van der Waals surface area contributed by atoms with E-state index in [1.165, 1.54) is 0 Å². The average Bonchev–Trinajstić information content (AvgIpc) is 2.63. The predicted octanol–water partition coefficient (Wildman–Crippen LogP) is 1.12. The number of H-pyrrole nitrogens is 1. The Morgan fingerprint density at radius 2 is 2.14 bits per heavy atom. The molecule has 2 N–H and O–H groups in total. The summed E-state index contributed by atoms with van der Waals surface area (Å²) in [5, 5.41) is 10.00. The van der Waals surface area contributed by atoms with Crippen LogP contribution >= 0.6 is 0 Å². The zero-order valence-electron chi connectivity index (χ0n) is 7.86. The van der Waals surface area contributed by atoms with Gasteiger partial charge in [-0.15, -0.1) is 0 Å². The number of aryl methyl sites for hydroxylation is 1. The van der Waals surface area contributed by atoms with Crippen LogP contribution in [0.4, 0.5) is 5.69 Å². The summed E-state index contributed by atoms with van der Waals surface area (Å²) < 4.78 is 0. The SMILES string of the molecule is Cc1nc(CNc2ccncc2)n[nH]1. The molecule has 0 aliphatic carbocycles. The van der Waals surface area contributed by atoms with E-state index in [-0.39, 0.29) is 0 Å². The van der Waals surface area contributed by atoms with Crippen LogP contribution in [0.2, 0.25) is 0 Å². The van der Waals surface area contributed by atoms with Gasteiger partial charge in [-0.2, -0.15) is 5.10 Å². The molecule has 2 aromatic rings. The number of hydrogen-bond donors (Lipinski definition) is 2. The van der Waals surface area contributed by atoms with E-state index in [9.17, 15) is 0 Å². The highest BCUT2D eigenvalue weighted by atomic mass is 15.2. The number of hydrogen-bond acceptors (Lipinski definition) is 4. The van der Waals surface area contributed by atoms with Crippen LogP contribution < -0.4 is 5.32 Å². The van der Waals surface area contributed by atoms with Gasteiger partial charge in [-0.3, -0.25) is 10.1 Å². The molecule has 2 heterocycles. The molecule has 14 heavy (non-hydrogen) atoms. The maximum absolute atomic E-state index is 4.18. The molecule has 0 aliphatic rings. The summed E-state index contributed by atoms with van der Waals surface area (Å²) in [5.74, 6) is 1.59. The standard InChI is InChI=1S/C9H11N5/c1-7-12-9(14-13-7)6-11-8-2-4-10-5-3-8/h2-5H,6H2,1H3,(H,10,11)(H,12,13,14). The molecule has 0 radical (unpaired) electrons. The molecule has 0 amide bonds. The summed E-state index contributed by atoms with van der Waals surface area (Å²) in [6.45, 7) is 2.50. The molecule has 0 aromatic carbocycles. The van der Waals surface area contributed by atoms with E-state index in [4.69, 9.17) is 0 Å². The van der Waals surface area contributed by atoms with E-state index in [0.717, 1.165) is 17.3 Å². The minimum atomic E-state index is 0.619. The zero-order chi connectivity index (χ0) is 9.80. The van der Waals surface area contributed by atoms with E-state index in [2.05, 4.69) is 25.5 Å². The second-order valence-corrected chi connectivity index (χ2v) is 2.93. The van der Waals surface area contributed by atoms with Crippen LogP contribution in [0, 0.1) is 6.92 Å². The Hall–Kier alpha value is -1.91. The van der Waals surface area contributed by atoms with Crippen LogP contribution in [0.15, 0.2) is 24.5 Å². The number of nitrogens with zero attached hydrogens (tertiary/aromatic N) is 3. The lowest BCUT2D eigenvalue weighted by Crippen LogP contribution is -2.01. The van der Waals surface area contributed by atoms with Crippen molar-refractivity contribution in [2.75, 3.05) is 5.32 Å². The molecular formula is C9H11N5. The highest BCUT2D eigenvalue weighted by molar-refractivity contribution is 5.40. The number of aromatic amines is 1. The lowest BCUT2D eigenvalue weighted by molar-refractivity contribution is 0.953. The first-order valence-electron chi connectivity index (χ1n) is 4.36. The molecule has 2 rings (SSSR count). The van der Waals surface area contributed by atoms with Gasteiger partial charge < -0.3 is 5.32 Å². The molecule has 0 bridgehead atoms. The Morgan fingerprint density at radius 3 is 2.79 bits per heavy atom. The first kappa shape index (κ1) is 8.68. The summed E-state index contributed by atoms with van der Waals surface area (Å²) in [5.41, 5.74) is 1.02. The number of nitrogens with one attached hydrogen (secondary N) is 2. The van der Waals surface area contributed by atoms with Crippen LogP contribution in [-0.4, -0.2) is 20.2 Å². The van der Waals surface area contributed by atoms with Crippen molar-refractivity contribution in [2.45, 2.75) is 13.5 Å². The molecule has 0 fully saturated rings. The quantitative estimate of drug-likeness (QED) is 0.759. The highest BCUT2D eigenvalue weighted by Gasteiger charge is 1.98. The van der Waals surface area contributed by atoms with E-state index < -0.39 is 0 Å². The van der Waals surface area contributed by atoms with Crippen molar-refractivity contribution < 1.29 is 0 Å². The van der Waals surface area contributed by atoms with Crippen molar-refractivity contribution in [3.8, 4) is 0 Å². The third-order valence-corrected chi connectivity index (χ3v) is 1.77. The van der Waals surface area contributed by atoms with E-state index in [0.29, 0.717) is 6.54 Å². The van der Waals surface area contributed by atoms with Crippen LogP contribution in [-0.2, 0) is 6.54 Å². The molecule has 0 unspecified atom stereocenters. The van der Waals surface area contributed by atoms with Gasteiger partial charge in [0.25, 0.3) is 0 Å². The summed E-state index contributed by atoms with van der Waals surface area (Å²) in [7, 11) is 0. The fourth-order valence-corrected chi connectivity index (χ4v) is 1.12. The Morgan fingerprint density at radius 1 is 1.36 bits per heavy atom. The number of anilines is 1. The van der Waals surface area contributed by atoms with Crippen molar-refractivity contribution in [3.63, 3.8) is 0 Å². The van der Waals surface area contributed by atoms with Gasteiger partial charge in [-0.1, -0.05) is 0 Å². The maximum Gasteiger partial charge on any atom is 0.169 e. The van der Waals surface area contributed by atoms with Gasteiger partial charge in [0.15, 0.2) is 5.82 Å². The molecular weight excluding hydrogens is 178 g/mol. The molecule has 5 nitrogen and oxygen atoms in total. The molecule has 72 valence electrons. The minimum Gasteiger partial charge on any atom is -0.378 e. The van der Waals surface area contributed by atoms with Crippen molar-refractivity contribution in [2.24, 2.45) is 0 Å². The highest BCUT2D eigenvalue weighted by Crippen LogP contribution is 2.04. The normalized spacial score (nSPS) is 10.1. The summed E-state index contributed by atoms with van der Waals surface area (Å²) >= 11 is 0. The Bertz CT molecular complexity index is 395. The van der Waals surface area contributed by atoms with Crippen LogP contribution in [0.1, 0.15) is 11.6 Å². The molecule has 2 aromatic heterocycles. The van der Waals surface area contributed by atoms with E-state index in [1.54, 1.807) is 12.4 Å². The fourth-order valence-electron chi connectivity index (χ4n) is 1.12. The number of pyridine rings is 1. The lowest BCUT2D eigenvalue weighted by atomic mass is 10.4. The van der Waals surface area contributed by atoms with Crippen molar-refractivity contribution in [1.29, 1.82) is 0 Å². The largest absolute Gasteiger partial charge is 0.378 e. The molecule has 0 spiro atoms. The topological polar surface area (TPSA) is 66.5 Å². The van der Waals surface area contributed by atoms with Gasteiger partial charge in [-0.25, -0.2) is 4.98 Å². The Kier molecular flexibility index (Phi) is 2.40. The number of rotatable bonds is 3. The van der Waals surface area contributed by atoms with Crippen molar-refractivity contribution in [3.05, 3.63) is 36.2 Å². The number of aromatic nitrogens is 4. The lowest BCUT2D eigenvalue weighted by Gasteiger charge is -2.01. The van der Waals surface area contributed by atoms with Gasteiger partial charge in [-0.05, 0) is 19.1 Å². The van der Waals surface area contributed by atoms with Gasteiger partial charge in [0.1, 0.15) is 5.82 Å². The van der Waals surface area contributed by atoms with E-state index in [1.807, 2.05) is 19.1 Å². The minimum absolute atomic E-state index is 0.619. The van der Waals surface area contributed by atoms with Gasteiger partial charge in [0.05, 0.1) is 6.54 Å². The smallest absolute Gasteiger partial charge is 0.169 e. The van der Waals surface area contributed by atoms with Crippen LogP contribution in [0.5, 0.6) is 0 Å². The zero-order valence-corrected chi connectivity index (χ0v) is 7.86. The predicted molar refractivity (Wildman–Crippen MR) is 52.7 cm³/mol. The second-order valence-electron chi connectivity index (χ2n) is 2.93. The Labute approximate surface area is 81.6 Å².